The van der Waals surface area contributed by atoms with Crippen molar-refractivity contribution in [2.45, 2.75) is 19.0 Å². The zero-order valence-electron chi connectivity index (χ0n) is 8.93. The van der Waals surface area contributed by atoms with Gasteiger partial charge in [0.1, 0.15) is 5.92 Å². The van der Waals surface area contributed by atoms with Crippen LogP contribution in [0.15, 0.2) is 24.3 Å². The Kier molecular flexibility index (Phi) is 3.28. The van der Waals surface area contributed by atoms with Gasteiger partial charge in [0.15, 0.2) is 0 Å². The molecule has 1 aliphatic carbocycles. The predicted molar refractivity (Wildman–Crippen MR) is 62.2 cm³/mol. The van der Waals surface area contributed by atoms with Crippen LogP contribution in [-0.4, -0.2) is 16.9 Å². The minimum Gasteiger partial charge on any atom is -0.352 e. The molecule has 2 atom stereocenters. The largest absolute Gasteiger partial charge is 0.352 e. The Morgan fingerprint density at radius 3 is 2.65 bits per heavy atom. The van der Waals surface area contributed by atoms with Gasteiger partial charge in [0, 0.05) is 22.9 Å². The van der Waals surface area contributed by atoms with Crippen LogP contribution < -0.4 is 5.32 Å². The smallest absolute Gasteiger partial charge is 0.230 e. The van der Waals surface area contributed by atoms with Crippen LogP contribution in [0.3, 0.4) is 0 Å². The molecule has 0 heterocycles. The van der Waals surface area contributed by atoms with Gasteiger partial charge in [0.25, 0.3) is 0 Å². The molecule has 1 aromatic rings. The molecule has 17 heavy (non-hydrogen) atoms. The highest BCUT2D eigenvalue weighted by Crippen LogP contribution is 2.33. The summed E-state index contributed by atoms with van der Waals surface area (Å²) in [6.07, 6.45) is 0.347. The van der Waals surface area contributed by atoms with E-state index in [1.165, 1.54) is 0 Å². The van der Waals surface area contributed by atoms with E-state index in [1.54, 1.807) is 24.3 Å². The van der Waals surface area contributed by atoms with Gasteiger partial charge < -0.3 is 5.32 Å². The number of carbonyl (C=O) groups excluding carboxylic acids is 1. The molecule has 0 bridgehead atoms. The third kappa shape index (κ3) is 2.94. The fraction of sp³-hybridized carbons (Fsp3) is 0.364. The van der Waals surface area contributed by atoms with Crippen LogP contribution >= 0.6 is 11.6 Å². The summed E-state index contributed by atoms with van der Waals surface area (Å²) in [5, 5.41) is 13.7. The quantitative estimate of drug-likeness (QED) is 0.656. The van der Waals surface area contributed by atoms with E-state index in [0.29, 0.717) is 18.0 Å². The maximum atomic E-state index is 11.5. The maximum absolute atomic E-state index is 11.5. The molecule has 1 fully saturated rings. The van der Waals surface area contributed by atoms with Crippen LogP contribution in [-0.2, 0) is 11.3 Å². The van der Waals surface area contributed by atoms with Crippen molar-refractivity contribution in [3.8, 4) is 0 Å². The lowest BCUT2D eigenvalue weighted by Gasteiger charge is -2.03. The van der Waals surface area contributed by atoms with Crippen molar-refractivity contribution < 1.29 is 9.72 Å². The minimum atomic E-state index is -0.694. The maximum Gasteiger partial charge on any atom is 0.230 e. The highest BCUT2D eigenvalue weighted by atomic mass is 35.5. The second-order valence-corrected chi connectivity index (χ2v) is 4.48. The molecule has 0 unspecified atom stereocenters. The van der Waals surface area contributed by atoms with Crippen molar-refractivity contribution in [3.63, 3.8) is 0 Å². The number of halogens is 1. The minimum absolute atomic E-state index is 0.248. The third-order valence-electron chi connectivity index (χ3n) is 2.74. The number of rotatable bonds is 4. The molecule has 1 N–H and O–H groups in total. The Labute approximate surface area is 103 Å². The standard InChI is InChI=1S/C11H11ClN2O3/c12-8-3-1-7(2-4-8)6-13-11(15)9-5-10(9)14(16)17/h1-4,9-10H,5-6H2,(H,13,15)/t9-,10-/m1/s1. The molecule has 1 aromatic carbocycles. The van der Waals surface area contributed by atoms with E-state index in [4.69, 9.17) is 11.6 Å². The summed E-state index contributed by atoms with van der Waals surface area (Å²) in [4.78, 5) is 21.5. The summed E-state index contributed by atoms with van der Waals surface area (Å²) in [6, 6.07) is 6.39. The number of hydrogen-bond acceptors (Lipinski definition) is 3. The van der Waals surface area contributed by atoms with E-state index >= 15 is 0 Å². The Bertz CT molecular complexity index is 447. The molecule has 1 amide bonds. The van der Waals surface area contributed by atoms with Crippen LogP contribution in [0.5, 0.6) is 0 Å². The molecular weight excluding hydrogens is 244 g/mol. The van der Waals surface area contributed by atoms with Gasteiger partial charge in [0.05, 0.1) is 0 Å². The van der Waals surface area contributed by atoms with Crippen LogP contribution in [0.4, 0.5) is 0 Å². The topological polar surface area (TPSA) is 72.2 Å². The van der Waals surface area contributed by atoms with Crippen LogP contribution in [0.2, 0.25) is 5.02 Å². The lowest BCUT2D eigenvalue weighted by Crippen LogP contribution is -2.26. The van der Waals surface area contributed by atoms with Gasteiger partial charge in [-0.25, -0.2) is 0 Å². The van der Waals surface area contributed by atoms with Crippen molar-refractivity contribution in [2.24, 2.45) is 5.92 Å². The van der Waals surface area contributed by atoms with E-state index in [0.717, 1.165) is 5.56 Å². The second-order valence-electron chi connectivity index (χ2n) is 4.04. The number of nitro groups is 1. The molecule has 0 aromatic heterocycles. The van der Waals surface area contributed by atoms with Crippen molar-refractivity contribution in [1.82, 2.24) is 5.32 Å². The third-order valence-corrected chi connectivity index (χ3v) is 3.00. The van der Waals surface area contributed by atoms with Gasteiger partial charge in [-0.3, -0.25) is 14.9 Å². The van der Waals surface area contributed by atoms with E-state index < -0.39 is 16.9 Å². The van der Waals surface area contributed by atoms with Gasteiger partial charge >= 0.3 is 0 Å². The zero-order chi connectivity index (χ0) is 12.4. The molecule has 0 saturated heterocycles. The number of carbonyl (C=O) groups is 1. The van der Waals surface area contributed by atoms with Crippen molar-refractivity contribution in [1.29, 1.82) is 0 Å². The normalized spacial score (nSPS) is 21.9. The number of nitrogens with one attached hydrogen (secondary N) is 1. The lowest BCUT2D eigenvalue weighted by molar-refractivity contribution is -0.497. The summed E-state index contributed by atoms with van der Waals surface area (Å²) in [6.45, 7) is 0.372. The Balaban J connectivity index is 1.81. The highest BCUT2D eigenvalue weighted by Gasteiger charge is 2.53. The summed E-state index contributed by atoms with van der Waals surface area (Å²) in [7, 11) is 0. The highest BCUT2D eigenvalue weighted by molar-refractivity contribution is 6.30. The Morgan fingerprint density at radius 2 is 2.12 bits per heavy atom. The number of benzene rings is 1. The number of amides is 1. The van der Waals surface area contributed by atoms with Crippen molar-refractivity contribution >= 4 is 17.5 Å². The van der Waals surface area contributed by atoms with Gasteiger partial charge in [-0.05, 0) is 17.7 Å². The molecule has 6 heteroatoms. The van der Waals surface area contributed by atoms with Crippen LogP contribution in [0.1, 0.15) is 12.0 Å². The fourth-order valence-electron chi connectivity index (χ4n) is 1.62. The molecule has 0 aliphatic heterocycles. The van der Waals surface area contributed by atoms with Crippen LogP contribution in [0, 0.1) is 16.0 Å². The van der Waals surface area contributed by atoms with Crippen molar-refractivity contribution in [2.75, 3.05) is 0 Å². The Hall–Kier alpha value is -1.62. The average molecular weight is 255 g/mol. The molecular formula is C11H11ClN2O3. The van der Waals surface area contributed by atoms with E-state index in [1.807, 2.05) is 0 Å². The second kappa shape index (κ2) is 4.71. The van der Waals surface area contributed by atoms with Crippen LogP contribution in [0.25, 0.3) is 0 Å². The van der Waals surface area contributed by atoms with Gasteiger partial charge in [-0.2, -0.15) is 0 Å². The molecule has 0 spiro atoms. The van der Waals surface area contributed by atoms with Gasteiger partial charge in [-0.15, -0.1) is 0 Å². The lowest BCUT2D eigenvalue weighted by atomic mass is 10.2. The number of hydrogen-bond donors (Lipinski definition) is 1. The summed E-state index contributed by atoms with van der Waals surface area (Å²) in [5.41, 5.74) is 0.918. The fourth-order valence-corrected chi connectivity index (χ4v) is 1.74. The first-order valence-corrected chi connectivity index (χ1v) is 5.61. The molecule has 0 radical (unpaired) electrons. The monoisotopic (exact) mass is 254 g/mol. The van der Waals surface area contributed by atoms with E-state index in [-0.39, 0.29) is 5.91 Å². The van der Waals surface area contributed by atoms with Gasteiger partial charge in [-0.1, -0.05) is 23.7 Å². The SMILES string of the molecule is O=C(NCc1ccc(Cl)cc1)[C@@H]1C[C@H]1[N+](=O)[O-]. The molecule has 90 valence electrons. The number of nitrogens with zero attached hydrogens (tertiary/aromatic N) is 1. The Morgan fingerprint density at radius 1 is 1.47 bits per heavy atom. The van der Waals surface area contributed by atoms with Gasteiger partial charge in [0.2, 0.25) is 11.9 Å². The summed E-state index contributed by atoms with van der Waals surface area (Å²) >= 11 is 5.73. The zero-order valence-corrected chi connectivity index (χ0v) is 9.68. The molecule has 1 saturated carbocycles. The molecule has 5 nitrogen and oxygen atoms in total. The van der Waals surface area contributed by atoms with Crippen molar-refractivity contribution in [3.05, 3.63) is 45.0 Å². The molecule has 2 rings (SSSR count). The first-order valence-electron chi connectivity index (χ1n) is 5.23. The molecule has 1 aliphatic rings. The first kappa shape index (κ1) is 11.9. The summed E-state index contributed by atoms with van der Waals surface area (Å²) in [5.74, 6) is -0.709. The average Bonchev–Trinajstić information content (AvgIpc) is 3.08. The van der Waals surface area contributed by atoms with E-state index in [2.05, 4.69) is 5.32 Å². The van der Waals surface area contributed by atoms with E-state index in [9.17, 15) is 14.9 Å². The summed E-state index contributed by atoms with van der Waals surface area (Å²) < 4.78 is 0. The first-order chi connectivity index (χ1) is 8.08. The predicted octanol–water partition coefficient (Wildman–Crippen LogP) is 1.62.